The van der Waals surface area contributed by atoms with Crippen molar-refractivity contribution in [2.24, 2.45) is 5.92 Å². The van der Waals surface area contributed by atoms with Crippen molar-refractivity contribution >= 4 is 23.5 Å². The van der Waals surface area contributed by atoms with Crippen LogP contribution in [0.1, 0.15) is 43.2 Å². The molecule has 11 heteroatoms. The van der Waals surface area contributed by atoms with E-state index in [0.29, 0.717) is 43.5 Å². The first-order valence-corrected chi connectivity index (χ1v) is 11.8. The summed E-state index contributed by atoms with van der Waals surface area (Å²) in [5.74, 6) is -3.20. The van der Waals surface area contributed by atoms with E-state index in [1.807, 2.05) is 19.1 Å². The molecule has 0 bridgehead atoms. The average molecular weight is 498 g/mol. The van der Waals surface area contributed by atoms with Gasteiger partial charge in [0, 0.05) is 57.1 Å². The Bertz CT molecular complexity index is 1020. The Morgan fingerprint density at radius 1 is 1.38 bits per heavy atom. The Labute approximate surface area is 202 Å². The van der Waals surface area contributed by atoms with E-state index < -0.39 is 17.4 Å². The van der Waals surface area contributed by atoms with E-state index in [2.05, 4.69) is 20.8 Å². The van der Waals surface area contributed by atoms with Crippen molar-refractivity contribution in [1.29, 1.82) is 0 Å². The van der Waals surface area contributed by atoms with Crippen LogP contribution < -0.4 is 10.6 Å². The molecule has 1 aromatic heterocycles. The van der Waals surface area contributed by atoms with Gasteiger partial charge in [0.15, 0.2) is 0 Å². The summed E-state index contributed by atoms with van der Waals surface area (Å²) in [5.41, 5.74) is 1.34. The molecule has 8 nitrogen and oxygen atoms in total. The number of nitrogens with one attached hydrogen (secondary N) is 2. The van der Waals surface area contributed by atoms with Gasteiger partial charge in [-0.15, -0.1) is 5.10 Å². The van der Waals surface area contributed by atoms with Gasteiger partial charge in [-0.05, 0) is 43.0 Å². The van der Waals surface area contributed by atoms with Gasteiger partial charge in [0.2, 0.25) is 17.7 Å². The number of carbonyl (C=O) groups is 1. The van der Waals surface area contributed by atoms with E-state index in [9.17, 15) is 13.6 Å². The highest BCUT2D eigenvalue weighted by atomic mass is 35.5. The lowest BCUT2D eigenvalue weighted by Gasteiger charge is -2.46. The number of benzene rings is 1. The number of aromatic nitrogens is 2. The molecule has 0 spiro atoms. The second-order valence-corrected chi connectivity index (χ2v) is 9.77. The summed E-state index contributed by atoms with van der Waals surface area (Å²) in [6.45, 7) is 4.31. The molecule has 2 heterocycles. The molecular formula is C23H30ClF2N5O3. The fourth-order valence-corrected chi connectivity index (χ4v) is 5.04. The van der Waals surface area contributed by atoms with E-state index >= 15 is 0 Å². The zero-order valence-electron chi connectivity index (χ0n) is 19.4. The molecule has 4 rings (SSSR count). The third kappa shape index (κ3) is 5.67. The highest BCUT2D eigenvalue weighted by molar-refractivity contribution is 6.30. The fraction of sp³-hybridized carbons (Fsp3) is 0.609. The molecule has 2 fully saturated rings. The predicted molar refractivity (Wildman–Crippen MR) is 123 cm³/mol. The summed E-state index contributed by atoms with van der Waals surface area (Å²) < 4.78 is 38.1. The van der Waals surface area contributed by atoms with Crippen LogP contribution >= 0.6 is 11.6 Å². The molecule has 0 radical (unpaired) electrons. The molecule has 1 unspecified atom stereocenters. The van der Waals surface area contributed by atoms with Crippen LogP contribution in [0.4, 0.5) is 14.8 Å². The van der Waals surface area contributed by atoms with Gasteiger partial charge < -0.3 is 24.7 Å². The minimum atomic E-state index is -2.76. The molecule has 186 valence electrons. The second kappa shape index (κ2) is 10.1. The Morgan fingerprint density at radius 3 is 2.94 bits per heavy atom. The number of rotatable bonds is 8. The van der Waals surface area contributed by atoms with Gasteiger partial charge in [-0.25, -0.2) is 8.78 Å². The molecule has 1 aliphatic carbocycles. The zero-order chi connectivity index (χ0) is 24.3. The molecule has 34 heavy (non-hydrogen) atoms. The van der Waals surface area contributed by atoms with Crippen LogP contribution in [0.2, 0.25) is 5.02 Å². The molecule has 1 saturated carbocycles. The molecule has 2 aliphatic rings. The molecule has 2 aromatic rings. The first-order chi connectivity index (χ1) is 16.2. The van der Waals surface area contributed by atoms with Crippen molar-refractivity contribution in [3.8, 4) is 0 Å². The standard InChI is InChI=1S/C23H30ClF2N5O3/c1-22(14-27-7-8-31(22)20(32)15-5-6-23(25,26)11-15)10-17-9-18(24)4-3-16(17)12-28-21-30-29-19(34-21)13-33-2/h3-4,9,15,27H,5-8,10-14H2,1-2H3,(H,28,30)/t15?,22-/m0/s1. The number of alkyl halides is 2. The molecule has 1 saturated heterocycles. The number of piperazine rings is 1. The van der Waals surface area contributed by atoms with Crippen LogP contribution in [0.25, 0.3) is 0 Å². The molecule has 2 N–H and O–H groups in total. The van der Waals surface area contributed by atoms with Crippen molar-refractivity contribution in [2.75, 3.05) is 32.1 Å². The molecular weight excluding hydrogens is 468 g/mol. The summed E-state index contributed by atoms with van der Waals surface area (Å²) in [6.07, 6.45) is 0.157. The van der Waals surface area contributed by atoms with Crippen LogP contribution in [-0.4, -0.2) is 59.2 Å². The number of anilines is 1. The number of amides is 1. The zero-order valence-corrected chi connectivity index (χ0v) is 20.1. The lowest BCUT2D eigenvalue weighted by molar-refractivity contribution is -0.143. The average Bonchev–Trinajstić information content (AvgIpc) is 3.39. The van der Waals surface area contributed by atoms with E-state index in [4.69, 9.17) is 20.8 Å². The minimum absolute atomic E-state index is 0.181. The number of carbonyl (C=O) groups excluding carboxylic acids is 1. The van der Waals surface area contributed by atoms with Gasteiger partial charge in [0.25, 0.3) is 0 Å². The monoisotopic (exact) mass is 497 g/mol. The van der Waals surface area contributed by atoms with E-state index in [-0.39, 0.29) is 37.8 Å². The second-order valence-electron chi connectivity index (χ2n) is 9.34. The number of hydrogen-bond acceptors (Lipinski definition) is 7. The maximum atomic E-state index is 13.8. The summed E-state index contributed by atoms with van der Waals surface area (Å²) in [6, 6.07) is 5.88. The third-order valence-electron chi connectivity index (χ3n) is 6.59. The van der Waals surface area contributed by atoms with Crippen molar-refractivity contribution in [3.05, 3.63) is 40.2 Å². The minimum Gasteiger partial charge on any atom is -0.406 e. The number of halogens is 3. The third-order valence-corrected chi connectivity index (χ3v) is 6.83. The number of nitrogens with zero attached hydrogens (tertiary/aromatic N) is 3. The van der Waals surface area contributed by atoms with Gasteiger partial charge in [-0.2, -0.15) is 0 Å². The van der Waals surface area contributed by atoms with Gasteiger partial charge in [-0.1, -0.05) is 22.8 Å². The van der Waals surface area contributed by atoms with Gasteiger partial charge >= 0.3 is 6.01 Å². The number of ether oxygens (including phenoxy) is 1. The van der Waals surface area contributed by atoms with Crippen LogP contribution in [0.5, 0.6) is 0 Å². The maximum absolute atomic E-state index is 13.8. The van der Waals surface area contributed by atoms with Gasteiger partial charge in [0.1, 0.15) is 6.61 Å². The van der Waals surface area contributed by atoms with Crippen LogP contribution in [-0.2, 0) is 29.1 Å². The topological polar surface area (TPSA) is 92.5 Å². The van der Waals surface area contributed by atoms with E-state index in [0.717, 1.165) is 11.1 Å². The smallest absolute Gasteiger partial charge is 0.315 e. The van der Waals surface area contributed by atoms with Crippen molar-refractivity contribution in [1.82, 2.24) is 20.4 Å². The summed E-state index contributed by atoms with van der Waals surface area (Å²) in [5, 5.41) is 14.9. The Kier molecular flexibility index (Phi) is 7.39. The number of methoxy groups -OCH3 is 1. The molecule has 1 amide bonds. The van der Waals surface area contributed by atoms with Crippen molar-refractivity contribution in [2.45, 2.75) is 57.2 Å². The van der Waals surface area contributed by atoms with Crippen molar-refractivity contribution < 1.29 is 22.7 Å². The van der Waals surface area contributed by atoms with Crippen LogP contribution in [0.15, 0.2) is 22.6 Å². The Balaban J connectivity index is 1.51. The van der Waals surface area contributed by atoms with E-state index in [1.54, 1.807) is 18.1 Å². The highest BCUT2D eigenvalue weighted by Gasteiger charge is 2.47. The first-order valence-electron chi connectivity index (χ1n) is 11.4. The lowest BCUT2D eigenvalue weighted by Crippen LogP contribution is -2.63. The van der Waals surface area contributed by atoms with E-state index in [1.165, 1.54) is 0 Å². The Hall–Kier alpha value is -2.30. The van der Waals surface area contributed by atoms with Gasteiger partial charge in [-0.3, -0.25) is 4.79 Å². The quantitative estimate of drug-likeness (QED) is 0.575. The predicted octanol–water partition coefficient (Wildman–Crippen LogP) is 3.65. The Morgan fingerprint density at radius 2 is 2.21 bits per heavy atom. The fourth-order valence-electron chi connectivity index (χ4n) is 4.85. The summed E-state index contributed by atoms with van der Waals surface area (Å²) in [4.78, 5) is 15.1. The molecule has 1 aliphatic heterocycles. The SMILES string of the molecule is COCc1nnc(NCc2ccc(Cl)cc2C[C@@]2(C)CNCCN2C(=O)C2CCC(F)(F)C2)o1. The van der Waals surface area contributed by atoms with Crippen LogP contribution in [0, 0.1) is 5.92 Å². The largest absolute Gasteiger partial charge is 0.406 e. The maximum Gasteiger partial charge on any atom is 0.315 e. The normalized spacial score (nSPS) is 24.4. The van der Waals surface area contributed by atoms with Crippen molar-refractivity contribution in [3.63, 3.8) is 0 Å². The molecule has 1 aromatic carbocycles. The highest BCUT2D eigenvalue weighted by Crippen LogP contribution is 2.41. The summed E-state index contributed by atoms with van der Waals surface area (Å²) >= 11 is 6.31. The first kappa shape index (κ1) is 24.8. The van der Waals surface area contributed by atoms with Crippen LogP contribution in [0.3, 0.4) is 0 Å². The molecule has 2 atom stereocenters. The number of hydrogen-bond donors (Lipinski definition) is 2. The van der Waals surface area contributed by atoms with Gasteiger partial charge in [0.05, 0.1) is 5.54 Å². The summed E-state index contributed by atoms with van der Waals surface area (Å²) in [7, 11) is 1.55. The lowest BCUT2D eigenvalue weighted by atomic mass is 9.86.